The number of anilines is 2. The first kappa shape index (κ1) is 20.9. The van der Waals surface area contributed by atoms with Crippen molar-refractivity contribution >= 4 is 27.3 Å². The van der Waals surface area contributed by atoms with Gasteiger partial charge in [-0.15, -0.1) is 0 Å². The highest BCUT2D eigenvalue weighted by atomic mass is 32.2. The van der Waals surface area contributed by atoms with E-state index < -0.39 is 10.0 Å². The van der Waals surface area contributed by atoms with Crippen molar-refractivity contribution in [3.63, 3.8) is 0 Å². The number of amides is 1. The van der Waals surface area contributed by atoms with Gasteiger partial charge in [-0.1, -0.05) is 18.2 Å². The molecule has 6 nitrogen and oxygen atoms in total. The zero-order valence-electron chi connectivity index (χ0n) is 17.4. The van der Waals surface area contributed by atoms with Crippen molar-refractivity contribution in [2.75, 3.05) is 16.2 Å². The lowest BCUT2D eigenvalue weighted by Crippen LogP contribution is -2.35. The van der Waals surface area contributed by atoms with Crippen LogP contribution in [0, 0.1) is 0 Å². The third-order valence-electron chi connectivity index (χ3n) is 5.22. The van der Waals surface area contributed by atoms with E-state index in [4.69, 9.17) is 4.74 Å². The minimum Gasteiger partial charge on any atom is -0.494 e. The number of rotatable bonds is 6. The number of benzene rings is 3. The highest BCUT2D eigenvalue weighted by Crippen LogP contribution is 2.37. The van der Waals surface area contributed by atoms with Crippen molar-refractivity contribution in [3.8, 4) is 5.75 Å². The quantitative estimate of drug-likeness (QED) is 0.618. The summed E-state index contributed by atoms with van der Waals surface area (Å²) in [5.41, 5.74) is 2.61. The molecule has 0 saturated heterocycles. The van der Waals surface area contributed by atoms with Crippen LogP contribution in [0.1, 0.15) is 29.8 Å². The lowest BCUT2D eigenvalue weighted by atomic mass is 10.1. The first-order valence-corrected chi connectivity index (χ1v) is 11.6. The van der Waals surface area contributed by atoms with E-state index in [2.05, 4.69) is 5.32 Å². The fourth-order valence-electron chi connectivity index (χ4n) is 3.82. The molecule has 0 fully saturated rings. The summed E-state index contributed by atoms with van der Waals surface area (Å²) in [4.78, 5) is 13.0. The van der Waals surface area contributed by atoms with Crippen molar-refractivity contribution in [2.45, 2.75) is 31.2 Å². The number of hydrogen-bond donors (Lipinski definition) is 1. The number of hydrogen-bond acceptors (Lipinski definition) is 4. The van der Waals surface area contributed by atoms with Gasteiger partial charge in [-0.25, -0.2) is 8.42 Å². The second-order valence-corrected chi connectivity index (χ2v) is 9.24. The van der Waals surface area contributed by atoms with Crippen molar-refractivity contribution in [2.24, 2.45) is 0 Å². The lowest BCUT2D eigenvalue weighted by molar-refractivity contribution is 0.102. The predicted molar refractivity (Wildman–Crippen MR) is 121 cm³/mol. The Morgan fingerprint density at radius 3 is 2.45 bits per heavy atom. The monoisotopic (exact) mass is 436 g/mol. The molecule has 1 N–H and O–H groups in total. The highest BCUT2D eigenvalue weighted by molar-refractivity contribution is 7.92. The van der Waals surface area contributed by atoms with E-state index >= 15 is 0 Å². The van der Waals surface area contributed by atoms with Crippen LogP contribution in [0.4, 0.5) is 11.4 Å². The fraction of sp³-hybridized carbons (Fsp3) is 0.208. The third kappa shape index (κ3) is 4.14. The molecule has 0 radical (unpaired) electrons. The van der Waals surface area contributed by atoms with Crippen LogP contribution in [-0.4, -0.2) is 27.0 Å². The molecule has 0 bridgehead atoms. The molecule has 3 aromatic carbocycles. The van der Waals surface area contributed by atoms with E-state index in [1.54, 1.807) is 72.8 Å². The van der Waals surface area contributed by atoms with E-state index in [1.807, 2.05) is 13.8 Å². The fourth-order valence-corrected chi connectivity index (χ4v) is 5.53. The Labute approximate surface area is 182 Å². The van der Waals surface area contributed by atoms with Crippen LogP contribution in [0.25, 0.3) is 0 Å². The standard InChI is InChI=1S/C24H24N2O4S/c1-3-30-21-12-10-20(11-13-21)25-24(27)18-9-14-23-19(16-18)15-17(2)26(23)31(28,29)22-7-5-4-6-8-22/h4-14,16-17H,3,15H2,1-2H3,(H,25,27)/t17-/m0/s1. The van der Waals surface area contributed by atoms with Crippen molar-refractivity contribution in [1.82, 2.24) is 0 Å². The molecule has 0 spiro atoms. The van der Waals surface area contributed by atoms with Crippen molar-refractivity contribution in [3.05, 3.63) is 83.9 Å². The van der Waals surface area contributed by atoms with Gasteiger partial charge in [0, 0.05) is 17.3 Å². The molecule has 0 aromatic heterocycles. The number of fused-ring (bicyclic) bond motifs is 1. The van der Waals surface area contributed by atoms with E-state index in [9.17, 15) is 13.2 Å². The Balaban J connectivity index is 1.57. The summed E-state index contributed by atoms with van der Waals surface area (Å²) < 4.78 is 33.2. The van der Waals surface area contributed by atoms with Crippen LogP contribution < -0.4 is 14.4 Å². The van der Waals surface area contributed by atoms with Crippen molar-refractivity contribution < 1.29 is 17.9 Å². The Hall–Kier alpha value is -3.32. The van der Waals surface area contributed by atoms with Gasteiger partial charge in [0.05, 0.1) is 17.2 Å². The summed E-state index contributed by atoms with van der Waals surface area (Å²) in [6, 6.07) is 20.5. The SMILES string of the molecule is CCOc1ccc(NC(=O)c2ccc3c(c2)C[C@H](C)N3S(=O)(=O)c2ccccc2)cc1. The average Bonchev–Trinajstić information content (AvgIpc) is 3.11. The van der Waals surface area contributed by atoms with Gasteiger partial charge in [0.2, 0.25) is 0 Å². The number of ether oxygens (including phenoxy) is 1. The molecule has 1 amide bonds. The molecule has 0 saturated carbocycles. The zero-order chi connectivity index (χ0) is 22.0. The molecule has 1 aliphatic heterocycles. The van der Waals surface area contributed by atoms with Crippen LogP contribution in [-0.2, 0) is 16.4 Å². The summed E-state index contributed by atoms with van der Waals surface area (Å²) in [5.74, 6) is 0.496. The van der Waals surface area contributed by atoms with Crippen molar-refractivity contribution in [1.29, 1.82) is 0 Å². The number of carbonyl (C=O) groups excluding carboxylic acids is 1. The van der Waals surface area contributed by atoms with Crippen LogP contribution in [0.5, 0.6) is 5.75 Å². The number of nitrogens with zero attached hydrogens (tertiary/aromatic N) is 1. The summed E-state index contributed by atoms with van der Waals surface area (Å²) in [7, 11) is -3.67. The maximum Gasteiger partial charge on any atom is 0.264 e. The Morgan fingerprint density at radius 2 is 1.77 bits per heavy atom. The minimum atomic E-state index is -3.67. The largest absolute Gasteiger partial charge is 0.494 e. The molecule has 1 atom stereocenters. The van der Waals surface area contributed by atoms with Gasteiger partial charge in [0.15, 0.2) is 0 Å². The molecule has 4 rings (SSSR count). The first-order valence-electron chi connectivity index (χ1n) is 10.2. The predicted octanol–water partition coefficient (Wildman–Crippen LogP) is 4.48. The molecule has 160 valence electrons. The van der Waals surface area contributed by atoms with Gasteiger partial charge in [-0.3, -0.25) is 9.10 Å². The summed E-state index contributed by atoms with van der Waals surface area (Å²) in [6.07, 6.45) is 0.547. The molecule has 0 aliphatic carbocycles. The highest BCUT2D eigenvalue weighted by Gasteiger charge is 2.36. The Kier molecular flexibility index (Phi) is 5.69. The van der Waals surface area contributed by atoms with E-state index in [0.29, 0.717) is 30.0 Å². The van der Waals surface area contributed by atoms with E-state index in [1.165, 1.54) is 4.31 Å². The van der Waals surface area contributed by atoms with Gasteiger partial charge in [0.25, 0.3) is 15.9 Å². The Morgan fingerprint density at radius 1 is 1.06 bits per heavy atom. The maximum absolute atomic E-state index is 13.2. The molecule has 31 heavy (non-hydrogen) atoms. The smallest absolute Gasteiger partial charge is 0.264 e. The average molecular weight is 437 g/mol. The third-order valence-corrected chi connectivity index (χ3v) is 7.16. The van der Waals surface area contributed by atoms with Gasteiger partial charge in [0.1, 0.15) is 5.75 Å². The topological polar surface area (TPSA) is 75.7 Å². The number of sulfonamides is 1. The second-order valence-electron chi connectivity index (χ2n) is 7.42. The summed E-state index contributed by atoms with van der Waals surface area (Å²) in [5, 5.41) is 2.87. The molecule has 7 heteroatoms. The van der Waals surface area contributed by atoms with Crippen LogP contribution in [0.2, 0.25) is 0 Å². The molecular weight excluding hydrogens is 412 g/mol. The molecule has 3 aromatic rings. The molecule has 0 unspecified atom stereocenters. The van der Waals surface area contributed by atoms with Crippen LogP contribution in [0.3, 0.4) is 0 Å². The van der Waals surface area contributed by atoms with E-state index in [0.717, 1.165) is 11.3 Å². The van der Waals surface area contributed by atoms with Gasteiger partial charge in [-0.2, -0.15) is 0 Å². The molecule has 1 heterocycles. The summed E-state index contributed by atoms with van der Waals surface area (Å²) >= 11 is 0. The number of carbonyl (C=O) groups is 1. The van der Waals surface area contributed by atoms with E-state index in [-0.39, 0.29) is 16.8 Å². The maximum atomic E-state index is 13.2. The van der Waals surface area contributed by atoms with Crippen LogP contribution >= 0.6 is 0 Å². The first-order chi connectivity index (χ1) is 14.9. The summed E-state index contributed by atoms with van der Waals surface area (Å²) in [6.45, 7) is 4.37. The molecular formula is C24H24N2O4S. The van der Waals surface area contributed by atoms with Crippen LogP contribution in [0.15, 0.2) is 77.7 Å². The number of nitrogens with one attached hydrogen (secondary N) is 1. The zero-order valence-corrected chi connectivity index (χ0v) is 18.2. The molecule has 1 aliphatic rings. The van der Waals surface area contributed by atoms with Gasteiger partial charge in [-0.05, 0) is 80.4 Å². The minimum absolute atomic E-state index is 0.232. The second kappa shape index (κ2) is 8.43. The van der Waals surface area contributed by atoms with Gasteiger partial charge < -0.3 is 10.1 Å². The Bertz CT molecular complexity index is 1190. The lowest BCUT2D eigenvalue weighted by Gasteiger charge is -2.24. The normalized spacial score (nSPS) is 15.4. The van der Waals surface area contributed by atoms with Gasteiger partial charge >= 0.3 is 0 Å².